The molecule has 0 amide bonds. The van der Waals surface area contributed by atoms with Crippen molar-refractivity contribution in [1.29, 1.82) is 0 Å². The zero-order chi connectivity index (χ0) is 14.7. The van der Waals surface area contributed by atoms with E-state index in [1.807, 2.05) is 24.3 Å². The minimum atomic E-state index is -2.60. The fourth-order valence-corrected chi connectivity index (χ4v) is 2.08. The first-order valence-electron chi connectivity index (χ1n) is 6.97. The van der Waals surface area contributed by atoms with Crippen molar-refractivity contribution in [2.24, 2.45) is 0 Å². The van der Waals surface area contributed by atoms with Gasteiger partial charge < -0.3 is 10.1 Å². The van der Waals surface area contributed by atoms with E-state index in [4.69, 9.17) is 4.74 Å². The number of imidazole rings is 1. The lowest BCUT2D eigenvalue weighted by molar-refractivity contribution is 0.0632. The van der Waals surface area contributed by atoms with Crippen LogP contribution in [0.15, 0.2) is 36.7 Å². The van der Waals surface area contributed by atoms with E-state index in [0.717, 1.165) is 16.7 Å². The van der Waals surface area contributed by atoms with Gasteiger partial charge in [0.15, 0.2) is 5.82 Å². The molecule has 0 spiro atoms. The van der Waals surface area contributed by atoms with E-state index in [1.54, 1.807) is 0 Å². The van der Waals surface area contributed by atoms with E-state index in [-0.39, 0.29) is 12.4 Å². The average Bonchev–Trinajstić information content (AvgIpc) is 3.19. The summed E-state index contributed by atoms with van der Waals surface area (Å²) in [7, 11) is 0. The summed E-state index contributed by atoms with van der Waals surface area (Å²) in [6.07, 6.45) is 5.08. The molecule has 1 heterocycles. The normalized spacial score (nSPS) is 14.6. The number of alkyl halides is 2. The fourth-order valence-electron chi connectivity index (χ4n) is 2.08. The van der Waals surface area contributed by atoms with Crippen molar-refractivity contribution in [3.63, 3.8) is 0 Å². The summed E-state index contributed by atoms with van der Waals surface area (Å²) in [4.78, 5) is 3.89. The number of ether oxygens (including phenoxy) is 1. The van der Waals surface area contributed by atoms with E-state index in [2.05, 4.69) is 10.3 Å². The van der Waals surface area contributed by atoms with Crippen LogP contribution in [-0.4, -0.2) is 15.6 Å². The Morgan fingerprint density at radius 1 is 1.38 bits per heavy atom. The molecule has 1 aliphatic carbocycles. The summed E-state index contributed by atoms with van der Waals surface area (Å²) >= 11 is 0. The van der Waals surface area contributed by atoms with Gasteiger partial charge in [-0.1, -0.05) is 12.1 Å². The Hall–Kier alpha value is -1.95. The number of halogens is 2. The fraction of sp³-hybridized carbons (Fsp3) is 0.400. The predicted octanol–water partition coefficient (Wildman–Crippen LogP) is 3.11. The standard InChI is InChI=1S/C15H17F2N3O/c16-15(17)20-7-6-18-14(20)10-21-13-3-1-2-11(8-13)9-19-12-4-5-12/h1-3,6-8,12,15,19H,4-5,9-10H2. The quantitative estimate of drug-likeness (QED) is 0.852. The predicted molar refractivity (Wildman–Crippen MR) is 74.1 cm³/mol. The zero-order valence-corrected chi connectivity index (χ0v) is 11.5. The third-order valence-electron chi connectivity index (χ3n) is 3.40. The molecule has 6 heteroatoms. The molecule has 1 N–H and O–H groups in total. The van der Waals surface area contributed by atoms with Crippen molar-refractivity contribution in [2.75, 3.05) is 0 Å². The zero-order valence-electron chi connectivity index (χ0n) is 11.5. The molecule has 1 aromatic heterocycles. The number of aromatic nitrogens is 2. The van der Waals surface area contributed by atoms with Gasteiger partial charge in [0.1, 0.15) is 12.4 Å². The molecule has 112 valence electrons. The van der Waals surface area contributed by atoms with Gasteiger partial charge in [-0.3, -0.25) is 4.57 Å². The number of hydrogen-bond donors (Lipinski definition) is 1. The van der Waals surface area contributed by atoms with E-state index in [9.17, 15) is 8.78 Å². The van der Waals surface area contributed by atoms with Crippen LogP contribution < -0.4 is 10.1 Å². The molecule has 4 nitrogen and oxygen atoms in total. The number of nitrogens with zero attached hydrogens (tertiary/aromatic N) is 2. The topological polar surface area (TPSA) is 39.1 Å². The molecule has 0 aliphatic heterocycles. The lowest BCUT2D eigenvalue weighted by Crippen LogP contribution is -2.15. The van der Waals surface area contributed by atoms with Crippen molar-refractivity contribution in [3.8, 4) is 5.75 Å². The van der Waals surface area contributed by atoms with Gasteiger partial charge in [-0.25, -0.2) is 4.98 Å². The van der Waals surface area contributed by atoms with Gasteiger partial charge in [-0.15, -0.1) is 0 Å². The Morgan fingerprint density at radius 3 is 3.00 bits per heavy atom. The van der Waals surface area contributed by atoms with Gasteiger partial charge in [0.25, 0.3) is 0 Å². The van der Waals surface area contributed by atoms with Gasteiger partial charge in [-0.05, 0) is 30.5 Å². The molecule has 0 unspecified atom stereocenters. The minimum Gasteiger partial charge on any atom is -0.486 e. The number of benzene rings is 1. The second-order valence-corrected chi connectivity index (χ2v) is 5.12. The largest absolute Gasteiger partial charge is 0.486 e. The summed E-state index contributed by atoms with van der Waals surface area (Å²) in [6.45, 7) is -1.77. The number of rotatable bonds is 7. The average molecular weight is 293 g/mol. The van der Waals surface area contributed by atoms with Crippen molar-refractivity contribution in [1.82, 2.24) is 14.9 Å². The smallest absolute Gasteiger partial charge is 0.320 e. The molecule has 21 heavy (non-hydrogen) atoms. The van der Waals surface area contributed by atoms with Crippen LogP contribution in [0.2, 0.25) is 0 Å². The number of hydrogen-bond acceptors (Lipinski definition) is 3. The molecule has 1 saturated carbocycles. The van der Waals surface area contributed by atoms with Gasteiger partial charge in [0.2, 0.25) is 0 Å². The Labute approximate surface area is 121 Å². The molecule has 0 saturated heterocycles. The molecule has 2 aromatic rings. The van der Waals surface area contributed by atoms with E-state index >= 15 is 0 Å². The molecule has 1 aromatic carbocycles. The highest BCUT2D eigenvalue weighted by atomic mass is 19.3. The van der Waals surface area contributed by atoms with Crippen LogP contribution >= 0.6 is 0 Å². The Bertz CT molecular complexity index is 596. The monoisotopic (exact) mass is 293 g/mol. The van der Waals surface area contributed by atoms with E-state index in [1.165, 1.54) is 25.2 Å². The molecule has 3 rings (SSSR count). The summed E-state index contributed by atoms with van der Waals surface area (Å²) in [5.74, 6) is 0.875. The summed E-state index contributed by atoms with van der Waals surface area (Å²) in [5, 5.41) is 3.42. The van der Waals surface area contributed by atoms with Gasteiger partial charge in [0, 0.05) is 25.0 Å². The first-order chi connectivity index (χ1) is 10.2. The van der Waals surface area contributed by atoms with Crippen molar-refractivity contribution in [3.05, 3.63) is 48.0 Å². The lowest BCUT2D eigenvalue weighted by Gasteiger charge is -2.10. The Kier molecular flexibility index (Phi) is 4.15. The minimum absolute atomic E-state index is 0.0246. The maximum absolute atomic E-state index is 12.7. The Morgan fingerprint density at radius 2 is 2.24 bits per heavy atom. The summed E-state index contributed by atoms with van der Waals surface area (Å²) in [5.41, 5.74) is 1.12. The van der Waals surface area contributed by atoms with Gasteiger partial charge in [0.05, 0.1) is 0 Å². The molecule has 1 aliphatic rings. The van der Waals surface area contributed by atoms with E-state index < -0.39 is 6.55 Å². The van der Waals surface area contributed by atoms with Crippen LogP contribution in [0.4, 0.5) is 8.78 Å². The second-order valence-electron chi connectivity index (χ2n) is 5.12. The molecule has 0 bridgehead atoms. The summed E-state index contributed by atoms with van der Waals surface area (Å²) in [6, 6.07) is 8.30. The summed E-state index contributed by atoms with van der Waals surface area (Å²) < 4.78 is 31.7. The van der Waals surface area contributed by atoms with Crippen LogP contribution in [0.25, 0.3) is 0 Å². The maximum atomic E-state index is 12.7. The van der Waals surface area contributed by atoms with Crippen LogP contribution in [0.1, 0.15) is 30.8 Å². The molecule has 0 atom stereocenters. The highest BCUT2D eigenvalue weighted by Crippen LogP contribution is 2.21. The van der Waals surface area contributed by atoms with Crippen LogP contribution in [0.3, 0.4) is 0 Å². The molecule has 0 radical (unpaired) electrons. The Balaban J connectivity index is 1.59. The van der Waals surface area contributed by atoms with Crippen molar-refractivity contribution >= 4 is 0 Å². The SMILES string of the molecule is FC(F)n1ccnc1COc1cccc(CNC2CC2)c1. The van der Waals surface area contributed by atoms with Crippen molar-refractivity contribution in [2.45, 2.75) is 38.6 Å². The van der Waals surface area contributed by atoms with Gasteiger partial charge in [-0.2, -0.15) is 8.78 Å². The van der Waals surface area contributed by atoms with Crippen LogP contribution in [0.5, 0.6) is 5.75 Å². The third kappa shape index (κ3) is 3.78. The molecular weight excluding hydrogens is 276 g/mol. The highest BCUT2D eigenvalue weighted by Gasteiger charge is 2.19. The third-order valence-corrected chi connectivity index (χ3v) is 3.40. The van der Waals surface area contributed by atoms with Gasteiger partial charge >= 0.3 is 6.55 Å². The van der Waals surface area contributed by atoms with Crippen LogP contribution in [-0.2, 0) is 13.2 Å². The first-order valence-corrected chi connectivity index (χ1v) is 6.97. The second kappa shape index (κ2) is 6.22. The molecular formula is C15H17F2N3O. The highest BCUT2D eigenvalue weighted by molar-refractivity contribution is 5.28. The maximum Gasteiger partial charge on any atom is 0.320 e. The molecule has 1 fully saturated rings. The van der Waals surface area contributed by atoms with Crippen molar-refractivity contribution < 1.29 is 13.5 Å². The number of nitrogens with one attached hydrogen (secondary N) is 1. The van der Waals surface area contributed by atoms with E-state index in [0.29, 0.717) is 11.8 Å². The first kappa shape index (κ1) is 14.0. The van der Waals surface area contributed by atoms with Crippen LogP contribution in [0, 0.1) is 0 Å². The lowest BCUT2D eigenvalue weighted by atomic mass is 10.2.